The van der Waals surface area contributed by atoms with Crippen molar-refractivity contribution in [2.75, 3.05) is 0 Å². The zero-order valence-corrected chi connectivity index (χ0v) is 81.3. The van der Waals surface area contributed by atoms with E-state index in [0.29, 0.717) is 33.9 Å². The van der Waals surface area contributed by atoms with Gasteiger partial charge < -0.3 is 13.7 Å². The number of benzene rings is 21. The lowest BCUT2D eigenvalue weighted by Gasteiger charge is -2.36. The first-order chi connectivity index (χ1) is 71.2. The average molecular weight is 1880 g/mol. The Labute approximate surface area is 839 Å². The van der Waals surface area contributed by atoms with Gasteiger partial charge in [0.2, 0.25) is 11.4 Å². The Kier molecular flexibility index (Phi) is 24.5. The van der Waals surface area contributed by atoms with E-state index < -0.39 is 24.2 Å². The largest absolute Gasteiger partial charge is 0.319 e. The molecular weight excluding hydrogens is 1800 g/mol. The number of hydrogen-bond donors (Lipinski definition) is 0. The second-order valence-corrected chi connectivity index (χ2v) is 47.0. The van der Waals surface area contributed by atoms with E-state index in [9.17, 15) is 10.5 Å². The molecule has 21 aromatic carbocycles. The van der Waals surface area contributed by atoms with Gasteiger partial charge in [0.05, 0.1) is 94.0 Å². The fourth-order valence-corrected chi connectivity index (χ4v) is 36.8. The summed E-state index contributed by atoms with van der Waals surface area (Å²) in [7, 11) is -8.82. The Morgan fingerprint density at radius 1 is 0.201 bits per heavy atom. The number of nitrogens with zero attached hydrogens (tertiary/aromatic N) is 9. The number of fused-ring (bicyclic) bond motifs is 9. The normalized spacial score (nSPS) is 11.3. The third-order valence-electron chi connectivity index (χ3n) is 28.2. The molecule has 672 valence electrons. The van der Waals surface area contributed by atoms with Gasteiger partial charge in [0, 0.05) is 38.0 Å². The molecule has 0 unspecified atom stereocenters. The number of rotatable bonds is 18. The van der Waals surface area contributed by atoms with Crippen molar-refractivity contribution in [1.29, 1.82) is 10.5 Å². The number of hydrogen-bond acceptors (Lipinski definition) is 2. The van der Waals surface area contributed by atoms with Gasteiger partial charge in [0.1, 0.15) is 0 Å². The summed E-state index contributed by atoms with van der Waals surface area (Å²) in [4.78, 5) is 16.0. The molecule has 3 heterocycles. The molecule has 0 radical (unpaired) electrons. The summed E-state index contributed by atoms with van der Waals surface area (Å²) in [5, 5.41) is 42.9. The van der Waals surface area contributed by atoms with Crippen LogP contribution in [0.4, 0.5) is 22.7 Å². The van der Waals surface area contributed by atoms with E-state index in [1.54, 1.807) is 0 Å². The first-order valence-corrected chi connectivity index (χ1v) is 53.8. The summed E-state index contributed by atoms with van der Waals surface area (Å²) in [6.07, 6.45) is 0. The van der Waals surface area contributed by atoms with Crippen molar-refractivity contribution in [2.45, 2.75) is 0 Å². The molecule has 0 saturated heterocycles. The summed E-state index contributed by atoms with van der Waals surface area (Å²) in [6, 6.07) is 188. The molecule has 0 bridgehead atoms. The van der Waals surface area contributed by atoms with Gasteiger partial charge in [-0.1, -0.05) is 443 Å². The van der Waals surface area contributed by atoms with Crippen LogP contribution in [0.25, 0.3) is 135 Å². The molecule has 0 aliphatic carbocycles. The summed E-state index contributed by atoms with van der Waals surface area (Å²) in [6.45, 7) is 32.8. The molecule has 0 atom stereocenters. The van der Waals surface area contributed by atoms with Gasteiger partial charge >= 0.3 is 0 Å². The number of aromatic nitrogens is 3. The van der Waals surface area contributed by atoms with Gasteiger partial charge in [-0.2, -0.15) is 10.5 Å². The Morgan fingerprint density at radius 3 is 0.806 bits per heavy atom. The van der Waals surface area contributed by atoms with Crippen LogP contribution in [0.15, 0.2) is 528 Å². The molecule has 0 fully saturated rings. The van der Waals surface area contributed by atoms with Crippen LogP contribution >= 0.6 is 0 Å². The van der Waals surface area contributed by atoms with Crippen LogP contribution < -0.4 is 62.2 Å². The van der Waals surface area contributed by atoms with Gasteiger partial charge in [-0.25, -0.2) is 19.4 Å². The third-order valence-corrected chi connectivity index (χ3v) is 42.6. The maximum Gasteiger partial charge on any atom is 0.211 e. The summed E-state index contributed by atoms with van der Waals surface area (Å²) in [5.74, 6) is 0. The van der Waals surface area contributed by atoms with Crippen molar-refractivity contribution in [3.63, 3.8) is 0 Å². The molecule has 12 heteroatoms. The molecule has 0 spiro atoms. The molecule has 144 heavy (non-hydrogen) atoms. The minimum atomic E-state index is -3.06. The molecule has 0 saturated carbocycles. The molecule has 0 N–H and O–H groups in total. The highest BCUT2D eigenvalue weighted by molar-refractivity contribution is 7.21. The van der Waals surface area contributed by atoms with Crippen LogP contribution in [-0.2, 0) is 0 Å². The zero-order chi connectivity index (χ0) is 97.5. The van der Waals surface area contributed by atoms with Gasteiger partial charge in [-0.15, -0.1) is 0 Å². The predicted molar refractivity (Wildman–Crippen MR) is 604 cm³/mol. The van der Waals surface area contributed by atoms with Crippen molar-refractivity contribution >= 4 is 175 Å². The third kappa shape index (κ3) is 15.6. The SMILES string of the molecule is [C-]#[N+]c1cc(-c2ccc(-n3c4ccccc4c4ccccc43)cc2)c(C#N)c([Si](c2ccccc2)(c2ccccc2)c2ccccc2)c1.[C-]#[N+]c1cc(-c2ccc([Si](c3ccccc3)(c3ccccc3)c3ccccc3)cc2C#N)ccc1-n1c2ccccc2c2ccccc21.[C-]#[N+]c1ccc(-c2ccc(-n3c4ccccc4c4ccccc43)c([N+]#[C-])c2)c([Si](c2ccccc2)(c2ccccc2)c2ccccc2)c1. The number of nitriles is 2. The highest BCUT2D eigenvalue weighted by Gasteiger charge is 2.47. The van der Waals surface area contributed by atoms with Crippen molar-refractivity contribution in [2.24, 2.45) is 0 Å². The lowest BCUT2D eigenvalue weighted by Crippen LogP contribution is -2.75. The molecule has 9 nitrogen and oxygen atoms in total. The standard InChI is InChI=1S/3C44H29N3Si/c1-45-33-27-28-37(32-26-29-43(40(30-32)46-2)47-41-24-14-12-22-38(41)39-23-13-15-25-42(39)47)44(31-33)48(34-16-6-3-7-17-34,35-18-8-4-9-19-35)36-20-10-5-11-21-36;1-46-41-30-32(25-28-44(41)47-42-23-13-11-21-39(42)40-22-12-14-24-43(40)47)38-27-26-37(29-33(38)31-45)48(34-15-5-2-6-16-34,35-17-7-3-8-18-35)36-19-9-4-10-20-36;1-46-33-29-40(32-25-27-34(28-26-32)47-42-23-13-11-21-38(42)39-22-12-14-24-43(39)47)41(31-45)44(30-33)48(35-15-5-2-6-16-35,36-17-7-3-8-18-36)37-19-9-4-10-20-37/h3-31H;2*2-30H. The van der Waals surface area contributed by atoms with Crippen molar-refractivity contribution < 1.29 is 0 Å². The van der Waals surface area contributed by atoms with E-state index in [2.05, 4.69) is 500 Å². The molecule has 0 amide bonds. The molecule has 0 aliphatic heterocycles. The van der Waals surface area contributed by atoms with E-state index in [1.165, 1.54) is 41.9 Å². The van der Waals surface area contributed by atoms with E-state index in [4.69, 9.17) is 26.3 Å². The van der Waals surface area contributed by atoms with Crippen LogP contribution in [-0.4, -0.2) is 37.9 Å². The predicted octanol–water partition coefficient (Wildman–Crippen LogP) is 25.4. The summed E-state index contributed by atoms with van der Waals surface area (Å²) in [5.41, 5.74) is 18.0. The lowest BCUT2D eigenvalue weighted by atomic mass is 9.99. The Hall–Kier alpha value is -19.4. The van der Waals surface area contributed by atoms with Gasteiger partial charge in [0.25, 0.3) is 0 Å². The van der Waals surface area contributed by atoms with Crippen molar-refractivity contribution in [1.82, 2.24) is 13.7 Å². The minimum Gasteiger partial charge on any atom is -0.319 e. The summed E-state index contributed by atoms with van der Waals surface area (Å²) >= 11 is 0. The first-order valence-electron chi connectivity index (χ1n) is 47.8. The molecule has 24 aromatic rings. The van der Waals surface area contributed by atoms with Crippen molar-refractivity contribution in [3.8, 4) is 62.6 Å². The quantitative estimate of drug-likeness (QED) is 0.0487. The van der Waals surface area contributed by atoms with E-state index in [0.717, 1.165) is 136 Å². The fourth-order valence-electron chi connectivity index (χ4n) is 22.0. The maximum atomic E-state index is 11.1. The second-order valence-electron chi connectivity index (χ2n) is 35.7. The number of para-hydroxylation sites is 6. The topological polar surface area (TPSA) is 79.8 Å². The minimum absolute atomic E-state index is 0.519. The monoisotopic (exact) mass is 1880 g/mol. The van der Waals surface area contributed by atoms with Crippen molar-refractivity contribution in [3.05, 3.63) is 585 Å². The van der Waals surface area contributed by atoms with E-state index >= 15 is 0 Å². The van der Waals surface area contributed by atoms with Crippen LogP contribution in [0.5, 0.6) is 0 Å². The van der Waals surface area contributed by atoms with Crippen LogP contribution in [0, 0.1) is 49.0 Å². The van der Waals surface area contributed by atoms with Crippen LogP contribution in [0.1, 0.15) is 11.1 Å². The van der Waals surface area contributed by atoms with Crippen LogP contribution in [0.2, 0.25) is 0 Å². The smallest absolute Gasteiger partial charge is 0.211 e. The van der Waals surface area contributed by atoms with Gasteiger partial charge in [-0.05, 0) is 181 Å². The van der Waals surface area contributed by atoms with E-state index in [-0.39, 0.29) is 0 Å². The van der Waals surface area contributed by atoms with E-state index in [1.807, 2.05) is 72.8 Å². The molecular formula is C132H87N9Si3. The van der Waals surface area contributed by atoms with Crippen LogP contribution in [0.3, 0.4) is 0 Å². The fraction of sp³-hybridized carbons (Fsp3) is 0. The summed E-state index contributed by atoms with van der Waals surface area (Å²) < 4.78 is 6.68. The Bertz CT molecular complexity index is 8810. The van der Waals surface area contributed by atoms with Gasteiger partial charge in [-0.3, -0.25) is 0 Å². The maximum absolute atomic E-state index is 11.1. The molecule has 3 aromatic heterocycles. The highest BCUT2D eigenvalue weighted by Crippen LogP contribution is 2.43. The highest BCUT2D eigenvalue weighted by atomic mass is 28.3. The Balaban J connectivity index is 0.000000123. The molecule has 0 aliphatic rings. The lowest BCUT2D eigenvalue weighted by molar-refractivity contribution is 1.18. The molecule has 24 rings (SSSR count). The Morgan fingerprint density at radius 2 is 0.486 bits per heavy atom. The average Bonchev–Trinajstić information content (AvgIpc) is 1.14. The van der Waals surface area contributed by atoms with Gasteiger partial charge in [0.15, 0.2) is 35.6 Å². The zero-order valence-electron chi connectivity index (χ0n) is 78.3. The second kappa shape index (κ2) is 39.2. The first kappa shape index (κ1) is 89.8.